The molecule has 0 aliphatic rings. The molecule has 0 radical (unpaired) electrons. The molecule has 23 heavy (non-hydrogen) atoms. The minimum atomic E-state index is -0.700. The summed E-state index contributed by atoms with van der Waals surface area (Å²) in [5, 5.41) is 2.34. The molecular formula is C17H17F3N2O. The van der Waals surface area contributed by atoms with Crippen molar-refractivity contribution >= 4 is 11.6 Å². The molecular weight excluding hydrogens is 305 g/mol. The molecule has 0 fully saturated rings. The SMILES string of the molecule is C[C@@H](c1ccc(F)cc1)N(C)CC(=O)Nc1cc(F)ccc1F. The second-order valence-corrected chi connectivity index (χ2v) is 5.31. The highest BCUT2D eigenvalue weighted by Crippen LogP contribution is 2.19. The van der Waals surface area contributed by atoms with Crippen molar-refractivity contribution < 1.29 is 18.0 Å². The molecule has 122 valence electrons. The van der Waals surface area contributed by atoms with Crippen molar-refractivity contribution in [3.8, 4) is 0 Å². The number of anilines is 1. The van der Waals surface area contributed by atoms with Crippen LogP contribution in [0.3, 0.4) is 0 Å². The van der Waals surface area contributed by atoms with Crippen LogP contribution < -0.4 is 5.32 Å². The normalized spacial score (nSPS) is 12.3. The van der Waals surface area contributed by atoms with E-state index >= 15 is 0 Å². The fourth-order valence-electron chi connectivity index (χ4n) is 2.14. The van der Waals surface area contributed by atoms with Crippen LogP contribution in [0.25, 0.3) is 0 Å². The molecule has 1 atom stereocenters. The fraction of sp³-hybridized carbons (Fsp3) is 0.235. The topological polar surface area (TPSA) is 32.3 Å². The number of rotatable bonds is 5. The van der Waals surface area contributed by atoms with Crippen molar-refractivity contribution in [2.24, 2.45) is 0 Å². The van der Waals surface area contributed by atoms with E-state index in [1.54, 1.807) is 24.1 Å². The Morgan fingerprint density at radius 2 is 1.70 bits per heavy atom. The van der Waals surface area contributed by atoms with Gasteiger partial charge in [-0.1, -0.05) is 12.1 Å². The first kappa shape index (κ1) is 17.0. The van der Waals surface area contributed by atoms with Gasteiger partial charge in [0.25, 0.3) is 0 Å². The Bertz CT molecular complexity index is 689. The van der Waals surface area contributed by atoms with Gasteiger partial charge in [0, 0.05) is 12.1 Å². The zero-order valence-corrected chi connectivity index (χ0v) is 12.8. The van der Waals surface area contributed by atoms with Crippen LogP contribution in [0.1, 0.15) is 18.5 Å². The average Bonchev–Trinajstić information content (AvgIpc) is 2.51. The second kappa shape index (κ2) is 7.28. The van der Waals surface area contributed by atoms with E-state index in [4.69, 9.17) is 0 Å². The van der Waals surface area contributed by atoms with E-state index in [1.165, 1.54) is 12.1 Å². The van der Waals surface area contributed by atoms with Gasteiger partial charge < -0.3 is 5.32 Å². The Morgan fingerprint density at radius 1 is 1.09 bits per heavy atom. The fourth-order valence-corrected chi connectivity index (χ4v) is 2.14. The van der Waals surface area contributed by atoms with Crippen LogP contribution >= 0.6 is 0 Å². The molecule has 1 N–H and O–H groups in total. The summed E-state index contributed by atoms with van der Waals surface area (Å²) in [6, 6.07) is 8.70. The van der Waals surface area contributed by atoms with Gasteiger partial charge in [-0.3, -0.25) is 9.69 Å². The highest BCUT2D eigenvalue weighted by atomic mass is 19.1. The summed E-state index contributed by atoms with van der Waals surface area (Å²) in [7, 11) is 1.72. The quantitative estimate of drug-likeness (QED) is 0.909. The lowest BCUT2D eigenvalue weighted by molar-refractivity contribution is -0.117. The van der Waals surface area contributed by atoms with Crippen molar-refractivity contribution in [1.29, 1.82) is 0 Å². The van der Waals surface area contributed by atoms with Crippen LogP contribution in [0.5, 0.6) is 0 Å². The number of carbonyl (C=O) groups excluding carboxylic acids is 1. The predicted octanol–water partition coefficient (Wildman–Crippen LogP) is 3.74. The van der Waals surface area contributed by atoms with Gasteiger partial charge in [0.15, 0.2) is 0 Å². The van der Waals surface area contributed by atoms with Gasteiger partial charge in [0.05, 0.1) is 12.2 Å². The van der Waals surface area contributed by atoms with E-state index in [0.29, 0.717) is 0 Å². The Labute approximate surface area is 132 Å². The standard InChI is InChI=1S/C17H17F3N2O/c1-11(12-3-5-13(18)6-4-12)22(2)10-17(23)21-16-9-14(19)7-8-15(16)20/h3-9,11H,10H2,1-2H3,(H,21,23)/t11-/m0/s1. The molecule has 0 aliphatic carbocycles. The van der Waals surface area contributed by atoms with Gasteiger partial charge in [-0.15, -0.1) is 0 Å². The monoisotopic (exact) mass is 322 g/mol. The summed E-state index contributed by atoms with van der Waals surface area (Å²) in [6.07, 6.45) is 0. The number of benzene rings is 2. The molecule has 0 heterocycles. The maximum Gasteiger partial charge on any atom is 0.238 e. The van der Waals surface area contributed by atoms with Crippen LogP contribution in [0.2, 0.25) is 0 Å². The Kier molecular flexibility index (Phi) is 5.39. The zero-order chi connectivity index (χ0) is 17.0. The summed E-state index contributed by atoms with van der Waals surface area (Å²) in [5.74, 6) is -2.13. The summed E-state index contributed by atoms with van der Waals surface area (Å²) in [4.78, 5) is 13.7. The number of hydrogen-bond acceptors (Lipinski definition) is 2. The molecule has 1 amide bonds. The first-order chi connectivity index (χ1) is 10.9. The number of hydrogen-bond donors (Lipinski definition) is 1. The highest BCUT2D eigenvalue weighted by Gasteiger charge is 2.16. The number of nitrogens with one attached hydrogen (secondary N) is 1. The first-order valence-corrected chi connectivity index (χ1v) is 7.07. The van der Waals surface area contributed by atoms with Crippen LogP contribution in [0, 0.1) is 17.5 Å². The lowest BCUT2D eigenvalue weighted by Gasteiger charge is -2.24. The summed E-state index contributed by atoms with van der Waals surface area (Å²) in [6.45, 7) is 1.85. The highest BCUT2D eigenvalue weighted by molar-refractivity contribution is 5.92. The number of carbonyl (C=O) groups is 1. The Hall–Kier alpha value is -2.34. The van der Waals surface area contributed by atoms with E-state index in [1.807, 2.05) is 6.92 Å². The van der Waals surface area contributed by atoms with Gasteiger partial charge >= 0.3 is 0 Å². The van der Waals surface area contributed by atoms with E-state index < -0.39 is 17.5 Å². The molecule has 0 aliphatic heterocycles. The van der Waals surface area contributed by atoms with Crippen molar-refractivity contribution in [2.75, 3.05) is 18.9 Å². The number of halogens is 3. The van der Waals surface area contributed by atoms with Crippen LogP contribution in [0.15, 0.2) is 42.5 Å². The molecule has 6 heteroatoms. The van der Waals surface area contributed by atoms with Crippen molar-refractivity contribution in [1.82, 2.24) is 4.90 Å². The smallest absolute Gasteiger partial charge is 0.238 e. The molecule has 2 aromatic rings. The number of nitrogens with zero attached hydrogens (tertiary/aromatic N) is 1. The summed E-state index contributed by atoms with van der Waals surface area (Å²) >= 11 is 0. The van der Waals surface area contributed by atoms with Gasteiger partial charge in [-0.2, -0.15) is 0 Å². The molecule has 3 nitrogen and oxygen atoms in total. The van der Waals surface area contributed by atoms with Crippen LogP contribution in [-0.2, 0) is 4.79 Å². The molecule has 0 unspecified atom stereocenters. The van der Waals surface area contributed by atoms with Crippen LogP contribution in [-0.4, -0.2) is 24.4 Å². The van der Waals surface area contributed by atoms with E-state index in [-0.39, 0.29) is 24.1 Å². The largest absolute Gasteiger partial charge is 0.322 e. The third-order valence-corrected chi connectivity index (χ3v) is 3.61. The molecule has 0 bridgehead atoms. The molecule has 0 spiro atoms. The summed E-state index contributed by atoms with van der Waals surface area (Å²) in [5.41, 5.74) is 0.650. The number of amides is 1. The number of likely N-dealkylation sites (N-methyl/N-ethyl adjacent to an activating group) is 1. The Balaban J connectivity index is 1.99. The minimum Gasteiger partial charge on any atom is -0.322 e. The second-order valence-electron chi connectivity index (χ2n) is 5.31. The maximum atomic E-state index is 13.5. The average molecular weight is 322 g/mol. The third-order valence-electron chi connectivity index (χ3n) is 3.61. The molecule has 0 saturated carbocycles. The first-order valence-electron chi connectivity index (χ1n) is 7.07. The van der Waals surface area contributed by atoms with Gasteiger partial charge in [0.2, 0.25) is 5.91 Å². The summed E-state index contributed by atoms with van der Waals surface area (Å²) < 4.78 is 39.5. The minimum absolute atomic E-state index is 0.0193. The predicted molar refractivity (Wildman–Crippen MR) is 82.4 cm³/mol. The zero-order valence-electron chi connectivity index (χ0n) is 12.8. The van der Waals surface area contributed by atoms with Crippen molar-refractivity contribution in [2.45, 2.75) is 13.0 Å². The van der Waals surface area contributed by atoms with Crippen molar-refractivity contribution in [3.05, 3.63) is 65.5 Å². The molecule has 2 rings (SSSR count). The van der Waals surface area contributed by atoms with Gasteiger partial charge in [-0.25, -0.2) is 13.2 Å². The van der Waals surface area contributed by atoms with Crippen molar-refractivity contribution in [3.63, 3.8) is 0 Å². The Morgan fingerprint density at radius 3 is 2.35 bits per heavy atom. The lowest BCUT2D eigenvalue weighted by atomic mass is 10.1. The molecule has 0 aromatic heterocycles. The third kappa shape index (κ3) is 4.56. The molecule has 2 aromatic carbocycles. The van der Waals surface area contributed by atoms with E-state index in [2.05, 4.69) is 5.32 Å². The van der Waals surface area contributed by atoms with Gasteiger partial charge in [0.1, 0.15) is 17.5 Å². The van der Waals surface area contributed by atoms with E-state index in [9.17, 15) is 18.0 Å². The van der Waals surface area contributed by atoms with Crippen LogP contribution in [0.4, 0.5) is 18.9 Å². The van der Waals surface area contributed by atoms with E-state index in [0.717, 1.165) is 23.8 Å². The molecule has 0 saturated heterocycles. The maximum absolute atomic E-state index is 13.5. The van der Waals surface area contributed by atoms with Gasteiger partial charge in [-0.05, 0) is 43.8 Å². The lowest BCUT2D eigenvalue weighted by Crippen LogP contribution is -2.32.